The molecule has 0 saturated heterocycles. The average molecular weight is 459 g/mol. The lowest BCUT2D eigenvalue weighted by Crippen LogP contribution is -2.24. The number of benzene rings is 2. The molecule has 7 heteroatoms. The van der Waals surface area contributed by atoms with Gasteiger partial charge >= 0.3 is 0 Å². The van der Waals surface area contributed by atoms with Crippen LogP contribution in [0.15, 0.2) is 48.7 Å². The fourth-order valence-corrected chi connectivity index (χ4v) is 3.95. The maximum Gasteiger partial charge on any atom is 0.254 e. The van der Waals surface area contributed by atoms with Crippen LogP contribution in [0.5, 0.6) is 11.5 Å². The highest BCUT2D eigenvalue weighted by atomic mass is 16.5. The zero-order chi connectivity index (χ0) is 24.2. The Labute approximate surface area is 199 Å². The maximum absolute atomic E-state index is 12.9. The Morgan fingerprint density at radius 3 is 2.38 bits per heavy atom. The van der Waals surface area contributed by atoms with Crippen molar-refractivity contribution in [3.63, 3.8) is 0 Å². The van der Waals surface area contributed by atoms with Crippen LogP contribution >= 0.6 is 0 Å². The Hall–Kier alpha value is -3.87. The number of ether oxygens (including phenoxy) is 2. The topological polar surface area (TPSA) is 77.8 Å². The third-order valence-corrected chi connectivity index (χ3v) is 5.71. The highest BCUT2D eigenvalue weighted by Crippen LogP contribution is 2.36. The smallest absolute Gasteiger partial charge is 0.254 e. The minimum atomic E-state index is -0.179. The van der Waals surface area contributed by atoms with Gasteiger partial charge in [0.05, 0.1) is 30.2 Å². The van der Waals surface area contributed by atoms with Crippen LogP contribution in [-0.4, -0.2) is 33.7 Å². The monoisotopic (exact) mass is 458 g/mol. The van der Waals surface area contributed by atoms with Gasteiger partial charge < -0.3 is 14.8 Å². The second-order valence-corrected chi connectivity index (χ2v) is 8.15. The van der Waals surface area contributed by atoms with Crippen LogP contribution in [-0.2, 0) is 6.54 Å². The van der Waals surface area contributed by atoms with Gasteiger partial charge in [0.25, 0.3) is 5.91 Å². The molecule has 0 aliphatic carbocycles. The molecule has 0 aliphatic heterocycles. The van der Waals surface area contributed by atoms with Crippen molar-refractivity contribution in [2.24, 2.45) is 0 Å². The summed E-state index contributed by atoms with van der Waals surface area (Å²) >= 11 is 0. The molecule has 0 aliphatic rings. The molecule has 0 saturated carbocycles. The molecule has 0 fully saturated rings. The number of hydrogen-bond donors (Lipinski definition) is 1. The highest BCUT2D eigenvalue weighted by Gasteiger charge is 2.20. The Kier molecular flexibility index (Phi) is 6.82. The van der Waals surface area contributed by atoms with Crippen LogP contribution in [0.2, 0.25) is 0 Å². The fourth-order valence-electron chi connectivity index (χ4n) is 3.95. The number of aryl methyl sites for hydroxylation is 3. The molecule has 176 valence electrons. The van der Waals surface area contributed by atoms with Gasteiger partial charge in [-0.25, -0.2) is 9.50 Å². The van der Waals surface area contributed by atoms with Gasteiger partial charge in [0.2, 0.25) is 0 Å². The van der Waals surface area contributed by atoms with Crippen molar-refractivity contribution in [1.29, 1.82) is 0 Å². The standard InChI is InChI=1S/C27H30N4O3/c1-6-33-23-13-12-21(14-24(23)34-7-2)25-18(4)30-31-19(5)22(16-28-26(25)31)27(32)29-15-20-10-8-17(3)9-11-20/h8-14,16H,6-7,15H2,1-5H3,(H,29,32). The van der Waals surface area contributed by atoms with Crippen molar-refractivity contribution in [2.45, 2.75) is 41.2 Å². The first kappa shape index (κ1) is 23.3. The number of nitrogens with zero attached hydrogens (tertiary/aromatic N) is 3. The number of nitrogens with one attached hydrogen (secondary N) is 1. The van der Waals surface area contributed by atoms with Gasteiger partial charge in [-0.15, -0.1) is 0 Å². The average Bonchev–Trinajstić information content (AvgIpc) is 3.17. The van der Waals surface area contributed by atoms with Crippen molar-refractivity contribution in [2.75, 3.05) is 13.2 Å². The van der Waals surface area contributed by atoms with Gasteiger partial charge in [0.1, 0.15) is 0 Å². The summed E-state index contributed by atoms with van der Waals surface area (Å²) in [7, 11) is 0. The van der Waals surface area contributed by atoms with E-state index in [2.05, 4.69) is 10.3 Å². The number of amides is 1. The van der Waals surface area contributed by atoms with Gasteiger partial charge in [-0.1, -0.05) is 35.9 Å². The number of hydrogen-bond acceptors (Lipinski definition) is 5. The van der Waals surface area contributed by atoms with Crippen molar-refractivity contribution < 1.29 is 14.3 Å². The molecule has 2 aromatic carbocycles. The molecule has 4 aromatic rings. The first-order valence-electron chi connectivity index (χ1n) is 11.5. The number of carbonyl (C=O) groups excluding carboxylic acids is 1. The third kappa shape index (κ3) is 4.59. The van der Waals surface area contributed by atoms with Crippen LogP contribution in [0.3, 0.4) is 0 Å². The number of rotatable bonds is 8. The summed E-state index contributed by atoms with van der Waals surface area (Å²) in [5.41, 5.74) is 6.81. The fraction of sp³-hybridized carbons (Fsp3) is 0.296. The van der Waals surface area contributed by atoms with Gasteiger partial charge in [-0.05, 0) is 57.9 Å². The largest absolute Gasteiger partial charge is 0.490 e. The maximum atomic E-state index is 12.9. The third-order valence-electron chi connectivity index (χ3n) is 5.71. The number of carbonyl (C=O) groups is 1. The molecule has 1 N–H and O–H groups in total. The SMILES string of the molecule is CCOc1ccc(-c2c(C)nn3c(C)c(C(=O)NCc4ccc(C)cc4)cnc23)cc1OCC. The van der Waals surface area contributed by atoms with Crippen LogP contribution in [0.4, 0.5) is 0 Å². The molecule has 0 unspecified atom stereocenters. The molecule has 1 amide bonds. The molecule has 0 bridgehead atoms. The normalized spacial score (nSPS) is 11.0. The number of fused-ring (bicyclic) bond motifs is 1. The Balaban J connectivity index is 1.66. The molecule has 2 heterocycles. The predicted molar refractivity (Wildman–Crippen MR) is 133 cm³/mol. The lowest BCUT2D eigenvalue weighted by molar-refractivity contribution is 0.0949. The molecule has 0 atom stereocenters. The van der Waals surface area contributed by atoms with E-state index in [1.165, 1.54) is 5.56 Å². The summed E-state index contributed by atoms with van der Waals surface area (Å²) in [6, 6.07) is 13.9. The summed E-state index contributed by atoms with van der Waals surface area (Å²) in [5, 5.41) is 7.68. The summed E-state index contributed by atoms with van der Waals surface area (Å²) in [5.74, 6) is 1.21. The van der Waals surface area contributed by atoms with Crippen molar-refractivity contribution in [3.05, 3.63) is 76.7 Å². The van der Waals surface area contributed by atoms with Crippen LogP contribution in [0, 0.1) is 20.8 Å². The van der Waals surface area contributed by atoms with E-state index in [1.54, 1.807) is 10.7 Å². The van der Waals surface area contributed by atoms with Gasteiger partial charge in [-0.2, -0.15) is 5.10 Å². The molecule has 0 radical (unpaired) electrons. The van der Waals surface area contributed by atoms with Gasteiger partial charge in [0, 0.05) is 18.3 Å². The quantitative estimate of drug-likeness (QED) is 0.400. The lowest BCUT2D eigenvalue weighted by Gasteiger charge is -2.12. The van der Waals surface area contributed by atoms with E-state index >= 15 is 0 Å². The molecular weight excluding hydrogens is 428 g/mol. The first-order valence-corrected chi connectivity index (χ1v) is 11.5. The van der Waals surface area contributed by atoms with Crippen molar-refractivity contribution >= 4 is 11.6 Å². The molecule has 34 heavy (non-hydrogen) atoms. The van der Waals surface area contributed by atoms with Crippen LogP contribution in [0.1, 0.15) is 46.7 Å². The van der Waals surface area contributed by atoms with Crippen LogP contribution in [0.25, 0.3) is 16.8 Å². The van der Waals surface area contributed by atoms with E-state index < -0.39 is 0 Å². The number of aromatic nitrogens is 3. The minimum Gasteiger partial charge on any atom is -0.490 e. The summed E-state index contributed by atoms with van der Waals surface area (Å²) in [6.45, 7) is 11.3. The van der Waals surface area contributed by atoms with E-state index in [1.807, 2.05) is 77.1 Å². The Morgan fingerprint density at radius 2 is 1.68 bits per heavy atom. The van der Waals surface area contributed by atoms with Crippen molar-refractivity contribution in [3.8, 4) is 22.6 Å². The van der Waals surface area contributed by atoms with Crippen molar-refractivity contribution in [1.82, 2.24) is 19.9 Å². The molecule has 2 aromatic heterocycles. The van der Waals surface area contributed by atoms with E-state index in [4.69, 9.17) is 14.6 Å². The van der Waals surface area contributed by atoms with E-state index in [9.17, 15) is 4.79 Å². The molecule has 4 rings (SSSR count). The Bertz CT molecular complexity index is 1330. The van der Waals surface area contributed by atoms with E-state index in [0.717, 1.165) is 28.1 Å². The summed E-state index contributed by atoms with van der Waals surface area (Å²) in [4.78, 5) is 17.5. The van der Waals surface area contributed by atoms with E-state index in [-0.39, 0.29) is 5.91 Å². The lowest BCUT2D eigenvalue weighted by atomic mass is 10.1. The zero-order valence-corrected chi connectivity index (χ0v) is 20.3. The Morgan fingerprint density at radius 1 is 0.971 bits per heavy atom. The molecular formula is C27H30N4O3. The van der Waals surface area contributed by atoms with Gasteiger partial charge in [0.15, 0.2) is 17.1 Å². The van der Waals surface area contributed by atoms with Gasteiger partial charge in [-0.3, -0.25) is 4.79 Å². The first-order chi connectivity index (χ1) is 16.4. The summed E-state index contributed by atoms with van der Waals surface area (Å²) < 4.78 is 13.2. The predicted octanol–water partition coefficient (Wildman–Crippen LogP) is 5.05. The summed E-state index contributed by atoms with van der Waals surface area (Å²) in [6.07, 6.45) is 1.62. The zero-order valence-electron chi connectivity index (χ0n) is 20.3. The second-order valence-electron chi connectivity index (χ2n) is 8.15. The molecule has 7 nitrogen and oxygen atoms in total. The molecule has 0 spiro atoms. The minimum absolute atomic E-state index is 0.179. The van der Waals surface area contributed by atoms with E-state index in [0.29, 0.717) is 42.5 Å². The van der Waals surface area contributed by atoms with Crippen LogP contribution < -0.4 is 14.8 Å². The highest BCUT2D eigenvalue weighted by molar-refractivity contribution is 5.95. The second kappa shape index (κ2) is 9.95.